The van der Waals surface area contributed by atoms with Gasteiger partial charge in [0.05, 0.1) is 12.0 Å². The van der Waals surface area contributed by atoms with Crippen LogP contribution < -0.4 is 5.73 Å². The molecular formula is C11H19N3O. The van der Waals surface area contributed by atoms with E-state index in [1.54, 1.807) is 0 Å². The lowest BCUT2D eigenvalue weighted by atomic mass is 9.91. The Kier molecular flexibility index (Phi) is 2.80. The molecular weight excluding hydrogens is 190 g/mol. The predicted octanol–water partition coefficient (Wildman–Crippen LogP) is 1.43. The summed E-state index contributed by atoms with van der Waals surface area (Å²) in [4.78, 5) is 4.21. The van der Waals surface area contributed by atoms with E-state index in [9.17, 15) is 0 Å². The minimum Gasteiger partial charge on any atom is -0.381 e. The molecule has 0 aliphatic carbocycles. The van der Waals surface area contributed by atoms with E-state index in [1.165, 1.54) is 0 Å². The molecule has 0 saturated carbocycles. The van der Waals surface area contributed by atoms with E-state index in [0.717, 1.165) is 31.7 Å². The van der Waals surface area contributed by atoms with Gasteiger partial charge in [-0.25, -0.2) is 4.98 Å². The summed E-state index contributed by atoms with van der Waals surface area (Å²) < 4.78 is 7.62. The fourth-order valence-electron chi connectivity index (χ4n) is 2.15. The second-order valence-electron chi connectivity index (χ2n) is 4.59. The molecule has 0 radical (unpaired) electrons. The van der Waals surface area contributed by atoms with Gasteiger partial charge in [0.2, 0.25) is 0 Å². The third-order valence-electron chi connectivity index (χ3n) is 3.29. The van der Waals surface area contributed by atoms with Gasteiger partial charge in [0.15, 0.2) is 0 Å². The van der Waals surface area contributed by atoms with Crippen LogP contribution in [0.1, 0.15) is 38.4 Å². The zero-order valence-corrected chi connectivity index (χ0v) is 9.44. The summed E-state index contributed by atoms with van der Waals surface area (Å²) in [6.45, 7) is 5.90. The minimum atomic E-state index is 0.0344. The lowest BCUT2D eigenvalue weighted by Gasteiger charge is -2.36. The Morgan fingerprint density at radius 1 is 1.53 bits per heavy atom. The molecule has 2 rings (SSSR count). The Bertz CT molecular complexity index is 326. The Balaban J connectivity index is 2.30. The number of rotatable bonds is 2. The minimum absolute atomic E-state index is 0.0344. The number of nitrogens with zero attached hydrogens (tertiary/aromatic N) is 2. The highest BCUT2D eigenvalue weighted by molar-refractivity contribution is 5.08. The van der Waals surface area contributed by atoms with Gasteiger partial charge in [-0.3, -0.25) is 0 Å². The molecule has 15 heavy (non-hydrogen) atoms. The highest BCUT2D eigenvalue weighted by atomic mass is 16.5. The number of nitrogens with two attached hydrogens (primary N) is 1. The first kappa shape index (κ1) is 10.6. The maximum atomic E-state index is 5.93. The second-order valence-corrected chi connectivity index (χ2v) is 4.59. The molecule has 1 atom stereocenters. The molecule has 1 aromatic heterocycles. The monoisotopic (exact) mass is 209 g/mol. The number of aromatic nitrogens is 2. The second kappa shape index (κ2) is 3.94. The molecule has 2 heterocycles. The summed E-state index contributed by atoms with van der Waals surface area (Å²) in [6, 6.07) is 0.0344. The smallest absolute Gasteiger partial charge is 0.0953 e. The van der Waals surface area contributed by atoms with Crippen LogP contribution in [0.15, 0.2) is 12.5 Å². The summed E-state index contributed by atoms with van der Waals surface area (Å²) in [5.41, 5.74) is 7.17. The third-order valence-corrected chi connectivity index (χ3v) is 3.29. The SMILES string of the molecule is C[C@H](N)c1cncn1C1(C)CCOCC1. The van der Waals surface area contributed by atoms with Gasteiger partial charge in [0, 0.05) is 31.0 Å². The van der Waals surface area contributed by atoms with E-state index >= 15 is 0 Å². The quantitative estimate of drug-likeness (QED) is 0.801. The molecule has 0 amide bonds. The van der Waals surface area contributed by atoms with Crippen LogP contribution in [-0.4, -0.2) is 22.8 Å². The van der Waals surface area contributed by atoms with Crippen molar-refractivity contribution >= 4 is 0 Å². The lowest BCUT2D eigenvalue weighted by Crippen LogP contribution is -2.38. The number of hydrogen-bond acceptors (Lipinski definition) is 3. The van der Waals surface area contributed by atoms with E-state index in [4.69, 9.17) is 10.5 Å². The molecule has 0 aromatic carbocycles. The van der Waals surface area contributed by atoms with E-state index in [2.05, 4.69) is 16.5 Å². The molecule has 4 heteroatoms. The Hall–Kier alpha value is -0.870. The van der Waals surface area contributed by atoms with Crippen LogP contribution in [0.2, 0.25) is 0 Å². The maximum absolute atomic E-state index is 5.93. The number of hydrogen-bond donors (Lipinski definition) is 1. The fourth-order valence-corrected chi connectivity index (χ4v) is 2.15. The molecule has 1 saturated heterocycles. The van der Waals surface area contributed by atoms with Gasteiger partial charge in [-0.05, 0) is 26.7 Å². The first-order valence-corrected chi connectivity index (χ1v) is 5.49. The van der Waals surface area contributed by atoms with Crippen molar-refractivity contribution in [2.75, 3.05) is 13.2 Å². The summed E-state index contributed by atoms with van der Waals surface area (Å²) in [5, 5.41) is 0. The van der Waals surface area contributed by atoms with Crippen molar-refractivity contribution in [2.45, 2.75) is 38.3 Å². The first-order valence-electron chi connectivity index (χ1n) is 5.49. The van der Waals surface area contributed by atoms with Gasteiger partial charge < -0.3 is 15.0 Å². The summed E-state index contributed by atoms with van der Waals surface area (Å²) in [7, 11) is 0. The number of imidazole rings is 1. The van der Waals surface area contributed by atoms with Gasteiger partial charge in [0.1, 0.15) is 0 Å². The molecule has 1 aromatic rings. The molecule has 1 aliphatic rings. The summed E-state index contributed by atoms with van der Waals surface area (Å²) >= 11 is 0. The van der Waals surface area contributed by atoms with Crippen molar-refractivity contribution in [2.24, 2.45) is 5.73 Å². The van der Waals surface area contributed by atoms with Gasteiger partial charge >= 0.3 is 0 Å². The fraction of sp³-hybridized carbons (Fsp3) is 0.727. The van der Waals surface area contributed by atoms with Crippen LogP contribution in [0.4, 0.5) is 0 Å². The van der Waals surface area contributed by atoms with Crippen molar-refractivity contribution in [1.82, 2.24) is 9.55 Å². The van der Waals surface area contributed by atoms with Crippen molar-refractivity contribution in [3.8, 4) is 0 Å². The van der Waals surface area contributed by atoms with Crippen molar-refractivity contribution < 1.29 is 4.74 Å². The van der Waals surface area contributed by atoms with Gasteiger partial charge in [0.25, 0.3) is 0 Å². The normalized spacial score (nSPS) is 22.6. The third kappa shape index (κ3) is 1.92. The summed E-state index contributed by atoms with van der Waals surface area (Å²) in [5.74, 6) is 0. The van der Waals surface area contributed by atoms with Crippen molar-refractivity contribution in [3.05, 3.63) is 18.2 Å². The van der Waals surface area contributed by atoms with Crippen LogP contribution in [0.25, 0.3) is 0 Å². The standard InChI is InChI=1S/C11H19N3O/c1-9(12)10-7-13-8-14(10)11(2)3-5-15-6-4-11/h7-9H,3-6,12H2,1-2H3/t9-/m0/s1. The lowest BCUT2D eigenvalue weighted by molar-refractivity contribution is 0.0280. The summed E-state index contributed by atoms with van der Waals surface area (Å²) in [6.07, 6.45) is 5.82. The van der Waals surface area contributed by atoms with E-state index in [-0.39, 0.29) is 11.6 Å². The van der Waals surface area contributed by atoms with Crippen LogP contribution in [0.3, 0.4) is 0 Å². The van der Waals surface area contributed by atoms with Crippen LogP contribution in [-0.2, 0) is 10.3 Å². The zero-order valence-electron chi connectivity index (χ0n) is 9.44. The molecule has 1 fully saturated rings. The predicted molar refractivity (Wildman–Crippen MR) is 58.5 cm³/mol. The molecule has 0 unspecified atom stereocenters. The molecule has 0 spiro atoms. The molecule has 2 N–H and O–H groups in total. The number of ether oxygens (including phenoxy) is 1. The topological polar surface area (TPSA) is 53.1 Å². The Labute approximate surface area is 90.4 Å². The van der Waals surface area contributed by atoms with E-state index in [1.807, 2.05) is 19.4 Å². The maximum Gasteiger partial charge on any atom is 0.0953 e. The molecule has 4 nitrogen and oxygen atoms in total. The Morgan fingerprint density at radius 2 is 2.20 bits per heavy atom. The average molecular weight is 209 g/mol. The molecule has 1 aliphatic heterocycles. The first-order chi connectivity index (χ1) is 7.13. The average Bonchev–Trinajstić information content (AvgIpc) is 2.67. The highest BCUT2D eigenvalue weighted by Gasteiger charge is 2.31. The van der Waals surface area contributed by atoms with Crippen LogP contribution in [0, 0.1) is 0 Å². The largest absolute Gasteiger partial charge is 0.381 e. The van der Waals surface area contributed by atoms with E-state index < -0.39 is 0 Å². The van der Waals surface area contributed by atoms with Gasteiger partial charge in [-0.1, -0.05) is 0 Å². The highest BCUT2D eigenvalue weighted by Crippen LogP contribution is 2.30. The van der Waals surface area contributed by atoms with E-state index in [0.29, 0.717) is 0 Å². The van der Waals surface area contributed by atoms with Crippen LogP contribution in [0.5, 0.6) is 0 Å². The van der Waals surface area contributed by atoms with Crippen molar-refractivity contribution in [1.29, 1.82) is 0 Å². The van der Waals surface area contributed by atoms with Crippen molar-refractivity contribution in [3.63, 3.8) is 0 Å². The zero-order chi connectivity index (χ0) is 10.9. The molecule has 84 valence electrons. The Morgan fingerprint density at radius 3 is 2.80 bits per heavy atom. The molecule has 0 bridgehead atoms. The van der Waals surface area contributed by atoms with Gasteiger partial charge in [-0.15, -0.1) is 0 Å². The van der Waals surface area contributed by atoms with Gasteiger partial charge in [-0.2, -0.15) is 0 Å². The van der Waals surface area contributed by atoms with Crippen LogP contribution >= 0.6 is 0 Å².